The summed E-state index contributed by atoms with van der Waals surface area (Å²) in [5, 5.41) is 0. The topological polar surface area (TPSA) is 9.23 Å². The fraction of sp³-hybridized carbons (Fsp3) is 1.00. The number of ether oxygens (including phenoxy) is 1. The van der Waals surface area contributed by atoms with Gasteiger partial charge in [0, 0.05) is 6.61 Å². The maximum Gasteiger partial charge on any atom is 0.0659 e. The lowest BCUT2D eigenvalue weighted by molar-refractivity contribution is -0.165. The highest BCUT2D eigenvalue weighted by Crippen LogP contribution is 2.53. The summed E-state index contributed by atoms with van der Waals surface area (Å²) in [5.41, 5.74) is 0.156. The third kappa shape index (κ3) is 1.72. The molecule has 0 radical (unpaired) electrons. The molecule has 1 saturated heterocycles. The first kappa shape index (κ1) is 11.1. The van der Waals surface area contributed by atoms with E-state index in [2.05, 4.69) is 13.8 Å². The zero-order chi connectivity index (χ0) is 11.2. The number of hydrogen-bond acceptors (Lipinski definition) is 1. The summed E-state index contributed by atoms with van der Waals surface area (Å²) in [4.78, 5) is 0. The Kier molecular flexibility index (Phi) is 2.78. The van der Waals surface area contributed by atoms with Crippen LogP contribution in [0, 0.1) is 23.7 Å². The first-order valence-electron chi connectivity index (χ1n) is 7.32. The molecule has 3 fully saturated rings. The molecule has 0 bridgehead atoms. The molecule has 1 heteroatoms. The van der Waals surface area contributed by atoms with E-state index in [9.17, 15) is 0 Å². The zero-order valence-electron chi connectivity index (χ0n) is 10.9. The summed E-state index contributed by atoms with van der Waals surface area (Å²) in [6.45, 7) is 5.70. The molecule has 0 spiro atoms. The largest absolute Gasteiger partial charge is 0.375 e. The fourth-order valence-corrected chi connectivity index (χ4v) is 5.00. The second-order valence-corrected chi connectivity index (χ2v) is 6.81. The highest BCUT2D eigenvalue weighted by atomic mass is 16.5. The van der Waals surface area contributed by atoms with Crippen LogP contribution in [0.4, 0.5) is 0 Å². The molecule has 2 saturated carbocycles. The molecule has 3 aliphatic rings. The molecule has 1 aliphatic heterocycles. The van der Waals surface area contributed by atoms with Crippen molar-refractivity contribution in [1.29, 1.82) is 0 Å². The summed E-state index contributed by atoms with van der Waals surface area (Å²) < 4.78 is 6.08. The molecule has 92 valence electrons. The van der Waals surface area contributed by atoms with Crippen LogP contribution in [0.1, 0.15) is 58.8 Å². The van der Waals surface area contributed by atoms with Crippen molar-refractivity contribution in [2.24, 2.45) is 23.7 Å². The Labute approximate surface area is 99.9 Å². The molecule has 0 aromatic carbocycles. The van der Waals surface area contributed by atoms with Crippen molar-refractivity contribution in [3.05, 3.63) is 0 Å². The fourth-order valence-electron chi connectivity index (χ4n) is 5.00. The van der Waals surface area contributed by atoms with Gasteiger partial charge in [0.2, 0.25) is 0 Å². The molecular weight excluding hydrogens is 196 g/mol. The van der Waals surface area contributed by atoms with Crippen LogP contribution in [0.15, 0.2) is 0 Å². The molecule has 0 aromatic heterocycles. The number of hydrogen-bond donors (Lipinski definition) is 0. The third-order valence-corrected chi connectivity index (χ3v) is 5.61. The van der Waals surface area contributed by atoms with Gasteiger partial charge in [0.25, 0.3) is 0 Å². The van der Waals surface area contributed by atoms with Crippen molar-refractivity contribution in [2.75, 3.05) is 6.61 Å². The SMILES string of the molecule is CC1(C)OCCC2CCC3CCCCC3C21. The van der Waals surface area contributed by atoms with Crippen LogP contribution in [0.3, 0.4) is 0 Å². The summed E-state index contributed by atoms with van der Waals surface area (Å²) in [6.07, 6.45) is 10.3. The average Bonchev–Trinajstić information content (AvgIpc) is 2.28. The van der Waals surface area contributed by atoms with Crippen LogP contribution >= 0.6 is 0 Å². The van der Waals surface area contributed by atoms with E-state index < -0.39 is 0 Å². The molecule has 0 aromatic rings. The molecule has 1 nitrogen and oxygen atoms in total. The van der Waals surface area contributed by atoms with Gasteiger partial charge in [0.15, 0.2) is 0 Å². The van der Waals surface area contributed by atoms with E-state index in [-0.39, 0.29) is 5.60 Å². The molecule has 16 heavy (non-hydrogen) atoms. The van der Waals surface area contributed by atoms with Gasteiger partial charge >= 0.3 is 0 Å². The predicted molar refractivity (Wildman–Crippen MR) is 66.3 cm³/mol. The van der Waals surface area contributed by atoms with Gasteiger partial charge in [-0.1, -0.05) is 19.3 Å². The van der Waals surface area contributed by atoms with Crippen molar-refractivity contribution >= 4 is 0 Å². The van der Waals surface area contributed by atoms with Gasteiger partial charge in [-0.05, 0) is 63.2 Å². The van der Waals surface area contributed by atoms with Crippen LogP contribution in [0.5, 0.6) is 0 Å². The first-order valence-corrected chi connectivity index (χ1v) is 7.32. The predicted octanol–water partition coefficient (Wildman–Crippen LogP) is 4.02. The van der Waals surface area contributed by atoms with Gasteiger partial charge < -0.3 is 4.74 Å². The monoisotopic (exact) mass is 222 g/mol. The van der Waals surface area contributed by atoms with E-state index >= 15 is 0 Å². The van der Waals surface area contributed by atoms with Gasteiger partial charge in [-0.15, -0.1) is 0 Å². The van der Waals surface area contributed by atoms with Crippen molar-refractivity contribution in [3.8, 4) is 0 Å². The van der Waals surface area contributed by atoms with E-state index in [1.165, 1.54) is 44.9 Å². The highest BCUT2D eigenvalue weighted by Gasteiger charge is 2.49. The van der Waals surface area contributed by atoms with E-state index in [1.54, 1.807) is 0 Å². The number of fused-ring (bicyclic) bond motifs is 3. The van der Waals surface area contributed by atoms with Crippen LogP contribution < -0.4 is 0 Å². The Hall–Kier alpha value is -0.0400. The van der Waals surface area contributed by atoms with Crippen LogP contribution in [-0.2, 0) is 4.74 Å². The minimum Gasteiger partial charge on any atom is -0.375 e. The first-order chi connectivity index (χ1) is 7.68. The molecule has 2 aliphatic carbocycles. The van der Waals surface area contributed by atoms with Gasteiger partial charge in [-0.3, -0.25) is 0 Å². The third-order valence-electron chi connectivity index (χ3n) is 5.61. The van der Waals surface area contributed by atoms with Crippen molar-refractivity contribution in [1.82, 2.24) is 0 Å². The van der Waals surface area contributed by atoms with Gasteiger partial charge in [-0.25, -0.2) is 0 Å². The van der Waals surface area contributed by atoms with E-state index in [1.807, 2.05) is 0 Å². The van der Waals surface area contributed by atoms with E-state index in [0.717, 1.165) is 30.3 Å². The Bertz CT molecular complexity index is 258. The average molecular weight is 222 g/mol. The molecular formula is C15H26O. The lowest BCUT2D eigenvalue weighted by atomic mass is 9.56. The Morgan fingerprint density at radius 2 is 1.62 bits per heavy atom. The van der Waals surface area contributed by atoms with Crippen LogP contribution in [0.25, 0.3) is 0 Å². The second-order valence-electron chi connectivity index (χ2n) is 6.81. The molecule has 1 heterocycles. The summed E-state index contributed by atoms with van der Waals surface area (Å²) in [6, 6.07) is 0. The molecule has 4 atom stereocenters. The zero-order valence-corrected chi connectivity index (χ0v) is 10.9. The minimum atomic E-state index is 0.156. The highest BCUT2D eigenvalue weighted by molar-refractivity contribution is 4.98. The Balaban J connectivity index is 1.85. The van der Waals surface area contributed by atoms with Crippen LogP contribution in [-0.4, -0.2) is 12.2 Å². The van der Waals surface area contributed by atoms with Crippen molar-refractivity contribution in [3.63, 3.8) is 0 Å². The summed E-state index contributed by atoms with van der Waals surface area (Å²) >= 11 is 0. The van der Waals surface area contributed by atoms with Gasteiger partial charge in [0.1, 0.15) is 0 Å². The van der Waals surface area contributed by atoms with E-state index in [4.69, 9.17) is 4.74 Å². The standard InChI is InChI=1S/C15H26O/c1-15(2)14-12(9-10-16-15)8-7-11-5-3-4-6-13(11)14/h11-14H,3-10H2,1-2H3. The summed E-state index contributed by atoms with van der Waals surface area (Å²) in [5.74, 6) is 3.86. The smallest absolute Gasteiger partial charge is 0.0659 e. The lowest BCUT2D eigenvalue weighted by Crippen LogP contribution is -2.52. The minimum absolute atomic E-state index is 0.156. The van der Waals surface area contributed by atoms with Gasteiger partial charge in [0.05, 0.1) is 5.60 Å². The lowest BCUT2D eigenvalue weighted by Gasteiger charge is -2.54. The second kappa shape index (κ2) is 4.01. The molecule has 4 unspecified atom stereocenters. The van der Waals surface area contributed by atoms with Gasteiger partial charge in [-0.2, -0.15) is 0 Å². The molecule has 0 amide bonds. The van der Waals surface area contributed by atoms with Crippen molar-refractivity contribution < 1.29 is 4.74 Å². The Morgan fingerprint density at radius 3 is 2.50 bits per heavy atom. The van der Waals surface area contributed by atoms with Crippen molar-refractivity contribution in [2.45, 2.75) is 64.4 Å². The molecule has 3 rings (SSSR count). The number of rotatable bonds is 0. The van der Waals surface area contributed by atoms with E-state index in [0.29, 0.717) is 0 Å². The van der Waals surface area contributed by atoms with Crippen LogP contribution in [0.2, 0.25) is 0 Å². The summed E-state index contributed by atoms with van der Waals surface area (Å²) in [7, 11) is 0. The quantitative estimate of drug-likeness (QED) is 0.601. The maximum atomic E-state index is 6.08. The maximum absolute atomic E-state index is 6.08. The molecule has 0 N–H and O–H groups in total. The normalized spacial score (nSPS) is 46.9. The Morgan fingerprint density at radius 1 is 0.875 bits per heavy atom.